The third-order valence-corrected chi connectivity index (χ3v) is 4.88. The minimum atomic E-state index is -0.288. The molecule has 5 nitrogen and oxygen atoms in total. The largest absolute Gasteiger partial charge is 0.451 e. The van der Waals surface area contributed by atoms with Crippen molar-refractivity contribution in [3.05, 3.63) is 58.8 Å². The second-order valence-electron chi connectivity index (χ2n) is 5.71. The summed E-state index contributed by atoms with van der Waals surface area (Å²) in [6.07, 6.45) is 0. The molecule has 1 N–H and O–H groups in total. The zero-order chi connectivity index (χ0) is 17.4. The number of benzene rings is 2. The van der Waals surface area contributed by atoms with Crippen LogP contribution in [-0.2, 0) is 11.3 Å². The van der Waals surface area contributed by atoms with E-state index in [1.54, 1.807) is 18.4 Å². The lowest BCUT2D eigenvalue weighted by atomic mass is 10.1. The summed E-state index contributed by atoms with van der Waals surface area (Å²) in [4.78, 5) is 17.2. The molecule has 0 aliphatic heterocycles. The number of para-hydroxylation sites is 1. The van der Waals surface area contributed by atoms with Crippen molar-refractivity contribution in [1.82, 2.24) is 4.98 Å². The average Bonchev–Trinajstić information content (AvgIpc) is 3.15. The normalized spacial score (nSPS) is 11.3. The number of amides is 1. The molecule has 0 radical (unpaired) electrons. The summed E-state index contributed by atoms with van der Waals surface area (Å²) in [5.41, 5.74) is 3.08. The highest BCUT2D eigenvalue weighted by atomic mass is 32.1. The van der Waals surface area contributed by atoms with Crippen molar-refractivity contribution in [2.75, 3.05) is 12.4 Å². The van der Waals surface area contributed by atoms with Gasteiger partial charge in [0, 0.05) is 23.7 Å². The average molecular weight is 352 g/mol. The lowest BCUT2D eigenvalue weighted by Gasteiger charge is -2.05. The molecule has 0 spiro atoms. The van der Waals surface area contributed by atoms with Crippen molar-refractivity contribution in [3.63, 3.8) is 0 Å². The topological polar surface area (TPSA) is 64.4 Å². The maximum Gasteiger partial charge on any atom is 0.291 e. The van der Waals surface area contributed by atoms with Gasteiger partial charge in [0.15, 0.2) is 5.76 Å². The Labute approximate surface area is 148 Å². The third-order valence-electron chi connectivity index (χ3n) is 3.95. The molecule has 25 heavy (non-hydrogen) atoms. The lowest BCUT2D eigenvalue weighted by molar-refractivity contribution is 0.0992. The van der Waals surface area contributed by atoms with Gasteiger partial charge >= 0.3 is 0 Å². The molecule has 0 aliphatic rings. The van der Waals surface area contributed by atoms with Gasteiger partial charge in [0.2, 0.25) is 0 Å². The molecule has 0 fully saturated rings. The highest BCUT2D eigenvalue weighted by Crippen LogP contribution is 2.28. The monoisotopic (exact) mass is 352 g/mol. The summed E-state index contributed by atoms with van der Waals surface area (Å²) in [6, 6.07) is 13.2. The number of hydrogen-bond acceptors (Lipinski definition) is 5. The lowest BCUT2D eigenvalue weighted by Crippen LogP contribution is -2.13. The Morgan fingerprint density at radius 2 is 2.12 bits per heavy atom. The molecule has 0 saturated heterocycles. The Morgan fingerprint density at radius 1 is 1.28 bits per heavy atom. The fourth-order valence-corrected chi connectivity index (χ4v) is 3.74. The van der Waals surface area contributed by atoms with Crippen LogP contribution < -0.4 is 5.32 Å². The van der Waals surface area contributed by atoms with Gasteiger partial charge in [-0.2, -0.15) is 0 Å². The number of ether oxygens (including phenoxy) is 1. The number of aryl methyl sites for hydroxylation is 1. The van der Waals surface area contributed by atoms with Crippen molar-refractivity contribution < 1.29 is 13.9 Å². The Hall–Kier alpha value is -2.70. The first-order valence-electron chi connectivity index (χ1n) is 7.83. The van der Waals surface area contributed by atoms with Crippen molar-refractivity contribution in [2.24, 2.45) is 0 Å². The Kier molecular flexibility index (Phi) is 3.99. The predicted octanol–water partition coefficient (Wildman–Crippen LogP) is 4.75. The number of nitrogens with zero attached hydrogens (tertiary/aromatic N) is 1. The molecule has 2 aromatic heterocycles. The van der Waals surface area contributed by atoms with Crippen molar-refractivity contribution in [1.29, 1.82) is 0 Å². The first kappa shape index (κ1) is 15.8. The molecule has 2 aromatic carbocycles. The number of furan rings is 1. The minimum absolute atomic E-state index is 0.281. The molecule has 4 aromatic rings. The molecule has 0 aliphatic carbocycles. The molecule has 0 saturated carbocycles. The van der Waals surface area contributed by atoms with Gasteiger partial charge in [0.25, 0.3) is 5.91 Å². The molecule has 0 atom stereocenters. The van der Waals surface area contributed by atoms with Crippen LogP contribution in [0.3, 0.4) is 0 Å². The molecule has 1 amide bonds. The van der Waals surface area contributed by atoms with Gasteiger partial charge in [0.05, 0.1) is 21.8 Å². The van der Waals surface area contributed by atoms with Gasteiger partial charge in [0.1, 0.15) is 5.58 Å². The van der Waals surface area contributed by atoms with Crippen LogP contribution in [0.1, 0.15) is 21.1 Å². The molecule has 0 bridgehead atoms. The number of thiazole rings is 1. The first-order chi connectivity index (χ1) is 12.2. The van der Waals surface area contributed by atoms with E-state index < -0.39 is 0 Å². The molecule has 126 valence electrons. The summed E-state index contributed by atoms with van der Waals surface area (Å²) in [7, 11) is 1.60. The zero-order valence-electron chi connectivity index (χ0n) is 13.8. The fraction of sp³-hybridized carbons (Fsp3) is 0.158. The molecular formula is C19H16N2O3S. The van der Waals surface area contributed by atoms with Crippen molar-refractivity contribution in [3.8, 4) is 0 Å². The maximum absolute atomic E-state index is 12.7. The summed E-state index contributed by atoms with van der Waals surface area (Å²) in [5, 5.41) is 4.80. The number of fused-ring (bicyclic) bond motifs is 2. The molecular weight excluding hydrogens is 336 g/mol. The summed E-state index contributed by atoms with van der Waals surface area (Å²) < 4.78 is 12.1. The van der Waals surface area contributed by atoms with E-state index in [4.69, 9.17) is 9.15 Å². The maximum atomic E-state index is 12.7. The number of methoxy groups -OCH3 is 1. The third kappa shape index (κ3) is 2.90. The van der Waals surface area contributed by atoms with Crippen LogP contribution in [0.2, 0.25) is 0 Å². The van der Waals surface area contributed by atoms with E-state index in [1.165, 1.54) is 0 Å². The number of rotatable bonds is 4. The molecule has 6 heteroatoms. The SMILES string of the molecule is COCc1c(C(=O)Nc2ccc3nc(C)sc3c2)oc2ccccc12. The predicted molar refractivity (Wildman–Crippen MR) is 99.2 cm³/mol. The van der Waals surface area contributed by atoms with E-state index in [0.29, 0.717) is 17.9 Å². The molecule has 4 rings (SSSR count). The molecule has 0 unspecified atom stereocenters. The second-order valence-corrected chi connectivity index (χ2v) is 6.94. The van der Waals surface area contributed by atoms with Gasteiger partial charge in [-0.05, 0) is 31.2 Å². The number of hydrogen-bond donors (Lipinski definition) is 1. The van der Waals surface area contributed by atoms with Gasteiger partial charge < -0.3 is 14.5 Å². The fourth-order valence-electron chi connectivity index (χ4n) is 2.88. The van der Waals surface area contributed by atoms with E-state index in [2.05, 4.69) is 10.3 Å². The smallest absolute Gasteiger partial charge is 0.291 e. The standard InChI is InChI=1S/C19H16N2O3S/c1-11-20-15-8-7-12(9-17(15)25-11)21-19(22)18-14(10-23-2)13-5-3-4-6-16(13)24-18/h3-9H,10H2,1-2H3,(H,21,22). The van der Waals surface area contributed by atoms with Crippen LogP contribution in [0.25, 0.3) is 21.2 Å². The summed E-state index contributed by atoms with van der Waals surface area (Å²) in [5.74, 6) is -0.00697. The van der Waals surface area contributed by atoms with E-state index >= 15 is 0 Å². The van der Waals surface area contributed by atoms with E-state index in [-0.39, 0.29) is 11.7 Å². The van der Waals surface area contributed by atoms with Crippen molar-refractivity contribution in [2.45, 2.75) is 13.5 Å². The Morgan fingerprint density at radius 3 is 2.96 bits per heavy atom. The van der Waals surface area contributed by atoms with Crippen LogP contribution in [0.5, 0.6) is 0 Å². The van der Waals surface area contributed by atoms with Crippen LogP contribution >= 0.6 is 11.3 Å². The number of carbonyl (C=O) groups is 1. The van der Waals surface area contributed by atoms with Gasteiger partial charge in [-0.25, -0.2) is 4.98 Å². The molecule has 2 heterocycles. The zero-order valence-corrected chi connectivity index (χ0v) is 14.6. The minimum Gasteiger partial charge on any atom is -0.451 e. The Balaban J connectivity index is 1.69. The number of aromatic nitrogens is 1. The van der Waals surface area contributed by atoms with E-state index in [0.717, 1.165) is 26.2 Å². The highest BCUT2D eigenvalue weighted by Gasteiger charge is 2.20. The van der Waals surface area contributed by atoms with Gasteiger partial charge in [-0.15, -0.1) is 11.3 Å². The van der Waals surface area contributed by atoms with Gasteiger partial charge in [-0.1, -0.05) is 18.2 Å². The van der Waals surface area contributed by atoms with Crippen LogP contribution in [-0.4, -0.2) is 18.0 Å². The summed E-state index contributed by atoms with van der Waals surface area (Å²) >= 11 is 1.60. The van der Waals surface area contributed by atoms with Crippen LogP contribution in [0.15, 0.2) is 46.9 Å². The van der Waals surface area contributed by atoms with E-state index in [1.807, 2.05) is 49.4 Å². The first-order valence-corrected chi connectivity index (χ1v) is 8.65. The highest BCUT2D eigenvalue weighted by molar-refractivity contribution is 7.18. The van der Waals surface area contributed by atoms with Crippen LogP contribution in [0.4, 0.5) is 5.69 Å². The number of nitrogens with one attached hydrogen (secondary N) is 1. The summed E-state index contributed by atoms with van der Waals surface area (Å²) in [6.45, 7) is 2.28. The number of carbonyl (C=O) groups excluding carboxylic acids is 1. The second kappa shape index (κ2) is 6.31. The quantitative estimate of drug-likeness (QED) is 0.576. The van der Waals surface area contributed by atoms with Crippen molar-refractivity contribution >= 4 is 44.1 Å². The number of anilines is 1. The Bertz CT molecular complexity index is 1080. The van der Waals surface area contributed by atoms with Crippen LogP contribution in [0, 0.1) is 6.92 Å². The van der Waals surface area contributed by atoms with Gasteiger partial charge in [-0.3, -0.25) is 4.79 Å². The van der Waals surface area contributed by atoms with E-state index in [9.17, 15) is 4.79 Å².